The van der Waals surface area contributed by atoms with Crippen LogP contribution in [0, 0.1) is 0 Å². The van der Waals surface area contributed by atoms with Gasteiger partial charge < -0.3 is 24.2 Å². The van der Waals surface area contributed by atoms with Crippen molar-refractivity contribution in [3.63, 3.8) is 0 Å². The van der Waals surface area contributed by atoms with Gasteiger partial charge in [0.05, 0.1) is 30.7 Å². The van der Waals surface area contributed by atoms with Crippen LogP contribution in [0.25, 0.3) is 10.9 Å². The van der Waals surface area contributed by atoms with Crippen LogP contribution in [0.15, 0.2) is 53.3 Å². The zero-order chi connectivity index (χ0) is 23.9. The van der Waals surface area contributed by atoms with E-state index in [0.717, 1.165) is 5.56 Å². The van der Waals surface area contributed by atoms with Gasteiger partial charge in [-0.05, 0) is 36.8 Å². The summed E-state index contributed by atoms with van der Waals surface area (Å²) in [5.74, 6) is 0.288. The fourth-order valence-electron chi connectivity index (χ4n) is 3.97. The maximum absolute atomic E-state index is 13.2. The van der Waals surface area contributed by atoms with Crippen molar-refractivity contribution in [1.82, 2.24) is 9.55 Å². The van der Waals surface area contributed by atoms with Crippen molar-refractivity contribution in [2.24, 2.45) is 0 Å². The van der Waals surface area contributed by atoms with Crippen LogP contribution in [0.1, 0.15) is 12.5 Å². The molecule has 1 aromatic heterocycles. The number of carbonyl (C=O) groups is 1. The fourth-order valence-corrected chi connectivity index (χ4v) is 3.97. The van der Waals surface area contributed by atoms with Crippen LogP contribution in [-0.2, 0) is 27.2 Å². The molecule has 1 aliphatic rings. The lowest BCUT2D eigenvalue weighted by Crippen LogP contribution is -2.41. The molecule has 1 saturated heterocycles. The van der Waals surface area contributed by atoms with Gasteiger partial charge in [0.25, 0.3) is 5.56 Å². The molecule has 180 valence electrons. The van der Waals surface area contributed by atoms with Gasteiger partial charge in [-0.25, -0.2) is 9.78 Å². The molecular weight excluding hydrogens is 438 g/mol. The molecule has 0 aliphatic carbocycles. The predicted molar refractivity (Wildman–Crippen MR) is 128 cm³/mol. The number of fused-ring (bicyclic) bond motifs is 1. The van der Waals surface area contributed by atoms with Crippen LogP contribution in [0.2, 0.25) is 0 Å². The molecule has 0 bridgehead atoms. The van der Waals surface area contributed by atoms with Crippen molar-refractivity contribution < 1.29 is 24.1 Å². The minimum absolute atomic E-state index is 0.0957. The number of ether oxygens (including phenoxy) is 3. The van der Waals surface area contributed by atoms with Gasteiger partial charge in [-0.2, -0.15) is 0 Å². The molecule has 4 rings (SSSR count). The molecule has 1 aliphatic heterocycles. The highest BCUT2D eigenvalue weighted by atomic mass is 16.5. The fraction of sp³-hybridized carbons (Fsp3) is 0.400. The second-order valence-corrected chi connectivity index (χ2v) is 7.96. The van der Waals surface area contributed by atoms with Crippen molar-refractivity contribution in [3.05, 3.63) is 64.4 Å². The van der Waals surface area contributed by atoms with E-state index < -0.39 is 12.1 Å². The number of carboxylic acid groups (broad SMARTS) is 1. The van der Waals surface area contributed by atoms with E-state index in [9.17, 15) is 14.7 Å². The smallest absolute Gasteiger partial charge is 0.333 e. The van der Waals surface area contributed by atoms with Crippen LogP contribution in [-0.4, -0.2) is 66.2 Å². The highest BCUT2D eigenvalue weighted by Crippen LogP contribution is 2.18. The van der Waals surface area contributed by atoms with Gasteiger partial charge in [0.1, 0.15) is 12.4 Å². The number of hydrogen-bond donors (Lipinski definition) is 1. The van der Waals surface area contributed by atoms with E-state index in [1.54, 1.807) is 29.7 Å². The second-order valence-electron chi connectivity index (χ2n) is 7.96. The highest BCUT2D eigenvalue weighted by Gasteiger charge is 2.20. The lowest BCUT2D eigenvalue weighted by molar-refractivity contribution is -0.149. The van der Waals surface area contributed by atoms with E-state index in [-0.39, 0.29) is 18.6 Å². The highest BCUT2D eigenvalue weighted by molar-refractivity contribution is 5.78. The Labute approximate surface area is 197 Å². The van der Waals surface area contributed by atoms with E-state index in [1.807, 2.05) is 30.3 Å². The van der Waals surface area contributed by atoms with Crippen molar-refractivity contribution >= 4 is 22.8 Å². The second kappa shape index (κ2) is 11.1. The van der Waals surface area contributed by atoms with Gasteiger partial charge in [0.15, 0.2) is 6.10 Å². The molecule has 2 aromatic carbocycles. The number of anilines is 1. The van der Waals surface area contributed by atoms with Crippen molar-refractivity contribution in [2.45, 2.75) is 26.0 Å². The van der Waals surface area contributed by atoms with Gasteiger partial charge in [-0.3, -0.25) is 9.36 Å². The number of hydrogen-bond acceptors (Lipinski definition) is 7. The molecule has 1 atom stereocenters. The summed E-state index contributed by atoms with van der Waals surface area (Å²) in [6.45, 7) is 5.28. The minimum Gasteiger partial charge on any atom is -0.492 e. The number of carboxylic acids is 1. The molecule has 0 spiro atoms. The van der Waals surface area contributed by atoms with E-state index >= 15 is 0 Å². The molecule has 9 heteroatoms. The Morgan fingerprint density at radius 2 is 1.88 bits per heavy atom. The molecule has 1 fully saturated rings. The third kappa shape index (κ3) is 5.55. The Balaban J connectivity index is 1.46. The number of para-hydroxylation sites is 1. The van der Waals surface area contributed by atoms with E-state index in [1.165, 1.54) is 0 Å². The molecule has 0 radical (unpaired) electrons. The number of nitrogens with zero attached hydrogens (tertiary/aromatic N) is 3. The minimum atomic E-state index is -0.979. The third-order valence-electron chi connectivity index (χ3n) is 5.71. The Kier molecular flexibility index (Phi) is 7.76. The molecule has 9 nitrogen and oxygen atoms in total. The first kappa shape index (κ1) is 23.7. The molecule has 34 heavy (non-hydrogen) atoms. The number of rotatable bonds is 10. The van der Waals surface area contributed by atoms with Crippen LogP contribution >= 0.6 is 0 Å². The quantitative estimate of drug-likeness (QED) is 0.485. The average molecular weight is 468 g/mol. The molecule has 0 unspecified atom stereocenters. The molecule has 2 heterocycles. The lowest BCUT2D eigenvalue weighted by Gasteiger charge is -2.29. The monoisotopic (exact) mass is 467 g/mol. The Morgan fingerprint density at radius 1 is 1.15 bits per heavy atom. The van der Waals surface area contributed by atoms with Gasteiger partial charge in [-0.15, -0.1) is 0 Å². The van der Waals surface area contributed by atoms with Gasteiger partial charge in [0.2, 0.25) is 5.95 Å². The standard InChI is InChI=1S/C25H29N3O6/c1-2-33-22(24(30)31)17-18-7-9-19(10-8-18)34-16-13-28-23(29)20-5-3-4-6-21(20)26-25(28)27-11-14-32-15-12-27/h3-10,22H,2,11-17H2,1H3,(H,30,31)/t22-/m0/s1. The van der Waals surface area contributed by atoms with Crippen LogP contribution in [0.3, 0.4) is 0 Å². The van der Waals surface area contributed by atoms with Crippen LogP contribution < -0.4 is 15.2 Å². The van der Waals surface area contributed by atoms with Crippen LogP contribution in [0.4, 0.5) is 5.95 Å². The largest absolute Gasteiger partial charge is 0.492 e. The predicted octanol–water partition coefficient (Wildman–Crippen LogP) is 2.34. The number of aromatic nitrogens is 2. The summed E-state index contributed by atoms with van der Waals surface area (Å²) in [6.07, 6.45) is -0.590. The zero-order valence-electron chi connectivity index (χ0n) is 19.2. The summed E-state index contributed by atoms with van der Waals surface area (Å²) in [5.41, 5.74) is 1.42. The molecule has 0 saturated carbocycles. The number of benzene rings is 2. The summed E-state index contributed by atoms with van der Waals surface area (Å²) in [5, 5.41) is 9.83. The van der Waals surface area contributed by atoms with Gasteiger partial charge >= 0.3 is 5.97 Å². The van der Waals surface area contributed by atoms with E-state index in [0.29, 0.717) is 62.1 Å². The van der Waals surface area contributed by atoms with Crippen molar-refractivity contribution in [3.8, 4) is 5.75 Å². The van der Waals surface area contributed by atoms with Crippen LogP contribution in [0.5, 0.6) is 5.75 Å². The Bertz CT molecular complexity index is 1170. The summed E-state index contributed by atoms with van der Waals surface area (Å²) in [4.78, 5) is 31.4. The summed E-state index contributed by atoms with van der Waals surface area (Å²) in [6, 6.07) is 14.6. The topological polar surface area (TPSA) is 103 Å². The molecule has 3 aromatic rings. The zero-order valence-corrected chi connectivity index (χ0v) is 19.2. The van der Waals surface area contributed by atoms with Crippen molar-refractivity contribution in [2.75, 3.05) is 44.4 Å². The maximum Gasteiger partial charge on any atom is 0.333 e. The first-order valence-corrected chi connectivity index (χ1v) is 11.4. The first-order valence-electron chi connectivity index (χ1n) is 11.4. The Hall–Kier alpha value is -3.43. The number of aliphatic carboxylic acids is 1. The SMILES string of the molecule is CCO[C@@H](Cc1ccc(OCCn2c(N3CCOCC3)nc3ccccc3c2=O)cc1)C(=O)O. The molecular formula is C25H29N3O6. The van der Waals surface area contributed by atoms with E-state index in [4.69, 9.17) is 19.2 Å². The number of morpholine rings is 1. The summed E-state index contributed by atoms with van der Waals surface area (Å²) >= 11 is 0. The maximum atomic E-state index is 13.2. The van der Waals surface area contributed by atoms with E-state index in [2.05, 4.69) is 4.90 Å². The Morgan fingerprint density at radius 3 is 2.59 bits per heavy atom. The van der Waals surface area contributed by atoms with Crippen molar-refractivity contribution in [1.29, 1.82) is 0 Å². The summed E-state index contributed by atoms with van der Waals surface area (Å²) < 4.78 is 18.3. The lowest BCUT2D eigenvalue weighted by atomic mass is 10.1. The summed E-state index contributed by atoms with van der Waals surface area (Å²) in [7, 11) is 0. The van der Waals surface area contributed by atoms with Gasteiger partial charge in [-0.1, -0.05) is 24.3 Å². The van der Waals surface area contributed by atoms with Gasteiger partial charge in [0, 0.05) is 26.1 Å². The average Bonchev–Trinajstić information content (AvgIpc) is 2.86. The normalized spacial score (nSPS) is 14.8. The first-order chi connectivity index (χ1) is 16.6. The third-order valence-corrected chi connectivity index (χ3v) is 5.71. The molecule has 1 N–H and O–H groups in total. The molecule has 0 amide bonds.